The highest BCUT2D eigenvalue weighted by Crippen LogP contribution is 2.36. The summed E-state index contributed by atoms with van der Waals surface area (Å²) in [7, 11) is 0. The number of hydrogen-bond acceptors (Lipinski definition) is 1. The summed E-state index contributed by atoms with van der Waals surface area (Å²) in [5.41, 5.74) is 3.83. The van der Waals surface area contributed by atoms with Crippen molar-refractivity contribution in [3.05, 3.63) is 89.4 Å². The van der Waals surface area contributed by atoms with E-state index in [0.29, 0.717) is 0 Å². The first-order valence-corrected chi connectivity index (χ1v) is 8.74. The Kier molecular flexibility index (Phi) is 6.06. The molecule has 0 bridgehead atoms. The molecule has 0 saturated carbocycles. The second-order valence-electron chi connectivity index (χ2n) is 5.58. The Hall–Kier alpha value is -1.99. The summed E-state index contributed by atoms with van der Waals surface area (Å²) in [6, 6.07) is 10.8. The standard InChI is InChI=1S/C22H24S/c1-6-7-8-9-12-16(2)23-19(5)22-15-20-13-10-11-14-21(20)17(3)18(22)4/h7-15H,2,5-6H2,1,3-4H3/b8-7-,12-9-. The Labute approximate surface area is 144 Å². The van der Waals surface area contributed by atoms with E-state index in [9.17, 15) is 0 Å². The fraction of sp³-hybridized carbons (Fsp3) is 0.182. The fourth-order valence-corrected chi connectivity index (χ4v) is 3.33. The summed E-state index contributed by atoms with van der Waals surface area (Å²) >= 11 is 1.63. The van der Waals surface area contributed by atoms with Crippen molar-refractivity contribution >= 4 is 27.4 Å². The molecule has 0 unspecified atom stereocenters. The van der Waals surface area contributed by atoms with Gasteiger partial charge in [-0.3, -0.25) is 0 Å². The minimum absolute atomic E-state index is 1.00. The van der Waals surface area contributed by atoms with Gasteiger partial charge >= 0.3 is 0 Å². The second-order valence-corrected chi connectivity index (χ2v) is 6.80. The molecule has 0 saturated heterocycles. The molecule has 2 aromatic rings. The fourth-order valence-electron chi connectivity index (χ4n) is 2.55. The van der Waals surface area contributed by atoms with E-state index < -0.39 is 0 Å². The molecule has 0 atom stereocenters. The lowest BCUT2D eigenvalue weighted by Gasteiger charge is -2.14. The predicted molar refractivity (Wildman–Crippen MR) is 108 cm³/mol. The highest BCUT2D eigenvalue weighted by molar-refractivity contribution is 8.11. The number of fused-ring (bicyclic) bond motifs is 1. The number of benzene rings is 2. The summed E-state index contributed by atoms with van der Waals surface area (Å²) in [6.07, 6.45) is 9.29. The Morgan fingerprint density at radius 2 is 1.83 bits per heavy atom. The molecule has 0 nitrogen and oxygen atoms in total. The van der Waals surface area contributed by atoms with Crippen LogP contribution in [0.3, 0.4) is 0 Å². The van der Waals surface area contributed by atoms with Gasteiger partial charge in [-0.15, -0.1) is 0 Å². The lowest BCUT2D eigenvalue weighted by molar-refractivity contribution is 1.22. The van der Waals surface area contributed by atoms with Crippen LogP contribution in [0.4, 0.5) is 0 Å². The van der Waals surface area contributed by atoms with Gasteiger partial charge < -0.3 is 0 Å². The van der Waals surface area contributed by atoms with E-state index in [2.05, 4.69) is 76.4 Å². The van der Waals surface area contributed by atoms with Crippen molar-refractivity contribution in [3.8, 4) is 0 Å². The molecule has 0 aliphatic carbocycles. The third-order valence-corrected chi connectivity index (χ3v) is 4.82. The summed E-state index contributed by atoms with van der Waals surface area (Å²) in [6.45, 7) is 14.9. The Balaban J connectivity index is 2.24. The van der Waals surface area contributed by atoms with Crippen LogP contribution in [0.5, 0.6) is 0 Å². The first-order valence-electron chi connectivity index (χ1n) is 7.92. The quantitative estimate of drug-likeness (QED) is 0.507. The van der Waals surface area contributed by atoms with Gasteiger partial charge in [-0.2, -0.15) is 0 Å². The van der Waals surface area contributed by atoms with Crippen molar-refractivity contribution in [1.82, 2.24) is 0 Å². The van der Waals surface area contributed by atoms with E-state index in [0.717, 1.165) is 16.2 Å². The summed E-state index contributed by atoms with van der Waals surface area (Å²) < 4.78 is 0. The molecule has 0 aliphatic rings. The van der Waals surface area contributed by atoms with Crippen molar-refractivity contribution < 1.29 is 0 Å². The van der Waals surface area contributed by atoms with Crippen molar-refractivity contribution in [2.45, 2.75) is 27.2 Å². The molecular weight excluding hydrogens is 296 g/mol. The van der Waals surface area contributed by atoms with Crippen molar-refractivity contribution in [2.24, 2.45) is 0 Å². The molecule has 23 heavy (non-hydrogen) atoms. The van der Waals surface area contributed by atoms with Gasteiger partial charge in [0, 0.05) is 9.81 Å². The van der Waals surface area contributed by atoms with E-state index in [4.69, 9.17) is 0 Å². The SMILES string of the molecule is C=C(/C=C\C=C/CC)SC(=C)c1cc2ccccc2c(C)c1C. The van der Waals surface area contributed by atoms with Crippen LogP contribution in [0.1, 0.15) is 30.0 Å². The van der Waals surface area contributed by atoms with E-state index >= 15 is 0 Å². The van der Waals surface area contributed by atoms with Gasteiger partial charge in [-0.1, -0.05) is 74.3 Å². The molecule has 0 fully saturated rings. The number of allylic oxidation sites excluding steroid dienone is 4. The van der Waals surface area contributed by atoms with Crippen LogP contribution >= 0.6 is 11.8 Å². The smallest absolute Gasteiger partial charge is 0.0125 e. The van der Waals surface area contributed by atoms with Gasteiger partial charge in [-0.05, 0) is 59.9 Å². The highest BCUT2D eigenvalue weighted by Gasteiger charge is 2.10. The van der Waals surface area contributed by atoms with Crippen LogP contribution < -0.4 is 0 Å². The van der Waals surface area contributed by atoms with Gasteiger partial charge in [0.2, 0.25) is 0 Å². The van der Waals surface area contributed by atoms with E-state index in [-0.39, 0.29) is 0 Å². The summed E-state index contributed by atoms with van der Waals surface area (Å²) in [4.78, 5) is 2.05. The molecule has 0 amide bonds. The normalized spacial score (nSPS) is 11.6. The summed E-state index contributed by atoms with van der Waals surface area (Å²) in [5, 5.41) is 2.58. The third kappa shape index (κ3) is 4.27. The largest absolute Gasteiger partial charge is 0.0907 e. The molecule has 2 rings (SSSR count). The van der Waals surface area contributed by atoms with Crippen molar-refractivity contribution in [1.29, 1.82) is 0 Å². The number of aryl methyl sites for hydroxylation is 1. The van der Waals surface area contributed by atoms with Crippen molar-refractivity contribution in [2.75, 3.05) is 0 Å². The maximum absolute atomic E-state index is 4.27. The first-order chi connectivity index (χ1) is 11.0. The molecule has 118 valence electrons. The minimum Gasteiger partial charge on any atom is -0.0907 e. The molecule has 2 aromatic carbocycles. The van der Waals surface area contributed by atoms with E-state index in [1.165, 1.54) is 27.5 Å². The maximum atomic E-state index is 4.27. The topological polar surface area (TPSA) is 0 Å². The lowest BCUT2D eigenvalue weighted by atomic mass is 9.96. The zero-order valence-electron chi connectivity index (χ0n) is 14.2. The number of rotatable bonds is 6. The van der Waals surface area contributed by atoms with Gasteiger partial charge in [0.05, 0.1) is 0 Å². The van der Waals surface area contributed by atoms with Crippen LogP contribution in [-0.4, -0.2) is 0 Å². The molecule has 0 aliphatic heterocycles. The number of hydrogen-bond donors (Lipinski definition) is 0. The van der Waals surface area contributed by atoms with Gasteiger partial charge in [-0.25, -0.2) is 0 Å². The van der Waals surface area contributed by atoms with Crippen LogP contribution in [0.15, 0.2) is 72.7 Å². The highest BCUT2D eigenvalue weighted by atomic mass is 32.2. The average molecular weight is 321 g/mol. The monoisotopic (exact) mass is 320 g/mol. The van der Waals surface area contributed by atoms with Gasteiger partial charge in [0.25, 0.3) is 0 Å². The summed E-state index contributed by atoms with van der Waals surface area (Å²) in [5.74, 6) is 0. The lowest BCUT2D eigenvalue weighted by Crippen LogP contribution is -1.91. The van der Waals surface area contributed by atoms with Gasteiger partial charge in [0.15, 0.2) is 0 Å². The first kappa shape index (κ1) is 17.4. The third-order valence-electron chi connectivity index (χ3n) is 3.95. The molecule has 0 spiro atoms. The zero-order chi connectivity index (χ0) is 16.8. The molecule has 0 aromatic heterocycles. The average Bonchev–Trinajstić information content (AvgIpc) is 2.55. The molecule has 0 N–H and O–H groups in total. The van der Waals surface area contributed by atoms with Gasteiger partial charge in [0.1, 0.15) is 0 Å². The second kappa shape index (κ2) is 8.03. The minimum atomic E-state index is 1.00. The van der Waals surface area contributed by atoms with E-state index in [1.807, 2.05) is 12.2 Å². The maximum Gasteiger partial charge on any atom is 0.0125 e. The van der Waals surface area contributed by atoms with Crippen LogP contribution in [0.2, 0.25) is 0 Å². The van der Waals surface area contributed by atoms with Crippen molar-refractivity contribution in [3.63, 3.8) is 0 Å². The molecule has 0 radical (unpaired) electrons. The molecule has 0 heterocycles. The number of thioether (sulfide) groups is 1. The van der Waals surface area contributed by atoms with Crippen LogP contribution in [0, 0.1) is 13.8 Å². The van der Waals surface area contributed by atoms with Crippen LogP contribution in [-0.2, 0) is 0 Å². The predicted octanol–water partition coefficient (Wildman–Crippen LogP) is 7.20. The Bertz CT molecular complexity index is 791. The zero-order valence-corrected chi connectivity index (χ0v) is 15.0. The molecule has 1 heteroatoms. The van der Waals surface area contributed by atoms with E-state index in [1.54, 1.807) is 11.8 Å². The Morgan fingerprint density at radius 3 is 2.57 bits per heavy atom. The Morgan fingerprint density at radius 1 is 1.09 bits per heavy atom. The van der Waals surface area contributed by atoms with Crippen LogP contribution in [0.25, 0.3) is 15.7 Å². The molecular formula is C22H24S.